The highest BCUT2D eigenvalue weighted by Gasteiger charge is 2.21. The van der Waals surface area contributed by atoms with Gasteiger partial charge in [0, 0.05) is 5.56 Å². The Hall–Kier alpha value is -2.58. The second-order valence-corrected chi connectivity index (χ2v) is 6.47. The number of nitrogens with zero attached hydrogens (tertiary/aromatic N) is 3. The molecule has 5 nitrogen and oxygen atoms in total. The van der Waals surface area contributed by atoms with Gasteiger partial charge in [0.15, 0.2) is 5.69 Å². The van der Waals surface area contributed by atoms with E-state index in [-0.39, 0.29) is 33.9 Å². The Bertz CT molecular complexity index is 1070. The van der Waals surface area contributed by atoms with Crippen molar-refractivity contribution in [3.05, 3.63) is 63.7 Å². The fourth-order valence-electron chi connectivity index (χ4n) is 2.37. The summed E-state index contributed by atoms with van der Waals surface area (Å²) >= 11 is 9.39. The summed E-state index contributed by atoms with van der Waals surface area (Å²) in [6.45, 7) is 0. The van der Waals surface area contributed by atoms with Gasteiger partial charge in [-0.15, -0.1) is 0 Å². The van der Waals surface area contributed by atoms with Crippen LogP contribution in [-0.2, 0) is 0 Å². The zero-order valence-corrected chi connectivity index (χ0v) is 15.1. The SMILES string of the molecule is Fc1ccc(-c2noc(-c3nc(-c4c(F)cccc4Cl)[nH]c3Br)n2)cc1. The van der Waals surface area contributed by atoms with Crippen LogP contribution >= 0.6 is 27.5 Å². The van der Waals surface area contributed by atoms with Crippen LogP contribution in [0.1, 0.15) is 0 Å². The Labute approximate surface area is 159 Å². The molecule has 0 saturated heterocycles. The van der Waals surface area contributed by atoms with E-state index in [4.69, 9.17) is 16.1 Å². The van der Waals surface area contributed by atoms with Gasteiger partial charge in [-0.3, -0.25) is 0 Å². The van der Waals surface area contributed by atoms with E-state index >= 15 is 0 Å². The van der Waals surface area contributed by atoms with Crippen molar-refractivity contribution in [1.82, 2.24) is 20.1 Å². The maximum absolute atomic E-state index is 14.1. The van der Waals surface area contributed by atoms with Gasteiger partial charge in [0.1, 0.15) is 22.1 Å². The fraction of sp³-hybridized carbons (Fsp3) is 0. The van der Waals surface area contributed by atoms with Crippen molar-refractivity contribution in [2.45, 2.75) is 0 Å². The maximum Gasteiger partial charge on any atom is 0.279 e. The molecule has 0 saturated carbocycles. The molecule has 2 aromatic heterocycles. The van der Waals surface area contributed by atoms with Gasteiger partial charge >= 0.3 is 0 Å². The lowest BCUT2D eigenvalue weighted by molar-refractivity contribution is 0.431. The predicted octanol–water partition coefficient (Wildman–Crippen LogP) is 5.49. The third-order valence-corrected chi connectivity index (χ3v) is 4.48. The second kappa shape index (κ2) is 6.62. The number of hydrogen-bond donors (Lipinski definition) is 1. The van der Waals surface area contributed by atoms with Crippen LogP contribution in [-0.4, -0.2) is 20.1 Å². The number of benzene rings is 2. The molecule has 2 heterocycles. The summed E-state index contributed by atoms with van der Waals surface area (Å²) in [5, 5.41) is 4.09. The Kier molecular flexibility index (Phi) is 4.29. The molecular weight excluding hydrogens is 430 g/mol. The van der Waals surface area contributed by atoms with E-state index in [0.29, 0.717) is 15.9 Å². The molecule has 0 unspecified atom stereocenters. The Morgan fingerprint density at radius 1 is 1.04 bits per heavy atom. The quantitative estimate of drug-likeness (QED) is 0.460. The lowest BCUT2D eigenvalue weighted by Gasteiger charge is -2.01. The van der Waals surface area contributed by atoms with Crippen molar-refractivity contribution >= 4 is 27.5 Å². The highest BCUT2D eigenvalue weighted by Crippen LogP contribution is 2.34. The highest BCUT2D eigenvalue weighted by molar-refractivity contribution is 9.10. The van der Waals surface area contributed by atoms with Gasteiger partial charge in [-0.05, 0) is 52.3 Å². The van der Waals surface area contributed by atoms with Crippen LogP contribution in [0.5, 0.6) is 0 Å². The van der Waals surface area contributed by atoms with Gasteiger partial charge in [-0.1, -0.05) is 22.8 Å². The van der Waals surface area contributed by atoms with Crippen LogP contribution in [0.15, 0.2) is 51.6 Å². The Balaban J connectivity index is 1.74. The average molecular weight is 438 g/mol. The van der Waals surface area contributed by atoms with E-state index in [2.05, 4.69) is 36.0 Å². The number of halogens is 4. The lowest BCUT2D eigenvalue weighted by atomic mass is 10.2. The first-order valence-corrected chi connectivity index (χ1v) is 8.50. The Morgan fingerprint density at radius 2 is 1.81 bits per heavy atom. The highest BCUT2D eigenvalue weighted by atomic mass is 79.9. The van der Waals surface area contributed by atoms with Crippen molar-refractivity contribution in [2.24, 2.45) is 0 Å². The molecule has 0 aliphatic rings. The number of aromatic amines is 1. The summed E-state index contributed by atoms with van der Waals surface area (Å²) < 4.78 is 32.8. The van der Waals surface area contributed by atoms with Crippen molar-refractivity contribution in [3.63, 3.8) is 0 Å². The van der Waals surface area contributed by atoms with Gasteiger partial charge in [-0.2, -0.15) is 4.98 Å². The van der Waals surface area contributed by atoms with Gasteiger partial charge in [0.25, 0.3) is 5.89 Å². The number of aromatic nitrogens is 4. The van der Waals surface area contributed by atoms with E-state index in [0.717, 1.165) is 0 Å². The predicted molar refractivity (Wildman–Crippen MR) is 95.4 cm³/mol. The first-order chi connectivity index (χ1) is 12.5. The molecule has 0 spiro atoms. The zero-order valence-electron chi connectivity index (χ0n) is 12.8. The molecule has 4 rings (SSSR count). The summed E-state index contributed by atoms with van der Waals surface area (Å²) in [4.78, 5) is 11.5. The van der Waals surface area contributed by atoms with E-state index in [1.807, 2.05) is 0 Å². The average Bonchev–Trinajstić information content (AvgIpc) is 3.22. The molecule has 9 heteroatoms. The van der Waals surface area contributed by atoms with E-state index in [1.165, 1.54) is 36.4 Å². The molecule has 0 bridgehead atoms. The maximum atomic E-state index is 14.1. The smallest absolute Gasteiger partial charge is 0.279 e. The van der Waals surface area contributed by atoms with Crippen molar-refractivity contribution in [1.29, 1.82) is 0 Å². The van der Waals surface area contributed by atoms with Gasteiger partial charge in [0.2, 0.25) is 5.82 Å². The molecule has 0 aliphatic heterocycles. The van der Waals surface area contributed by atoms with Crippen LogP contribution < -0.4 is 0 Å². The molecule has 1 N–H and O–H groups in total. The minimum Gasteiger partial charge on any atom is -0.332 e. The molecule has 0 aliphatic carbocycles. The van der Waals surface area contributed by atoms with Crippen molar-refractivity contribution in [2.75, 3.05) is 0 Å². The van der Waals surface area contributed by atoms with Crippen LogP contribution in [0.3, 0.4) is 0 Å². The van der Waals surface area contributed by atoms with Gasteiger partial charge in [0.05, 0.1) is 10.6 Å². The topological polar surface area (TPSA) is 67.6 Å². The summed E-state index contributed by atoms with van der Waals surface area (Å²) in [7, 11) is 0. The summed E-state index contributed by atoms with van der Waals surface area (Å²) in [6.07, 6.45) is 0. The lowest BCUT2D eigenvalue weighted by Crippen LogP contribution is -1.88. The molecular formula is C17H8BrClF2N4O. The molecule has 0 radical (unpaired) electrons. The molecule has 0 amide bonds. The summed E-state index contributed by atoms with van der Waals surface area (Å²) in [5.74, 6) is -0.259. The van der Waals surface area contributed by atoms with Crippen LogP contribution in [0.2, 0.25) is 5.02 Å². The van der Waals surface area contributed by atoms with Crippen molar-refractivity contribution < 1.29 is 13.3 Å². The van der Waals surface area contributed by atoms with Crippen LogP contribution in [0, 0.1) is 11.6 Å². The zero-order chi connectivity index (χ0) is 18.3. The van der Waals surface area contributed by atoms with Gasteiger partial charge < -0.3 is 9.51 Å². The molecule has 26 heavy (non-hydrogen) atoms. The summed E-state index contributed by atoms with van der Waals surface area (Å²) in [6, 6.07) is 10.0. The minimum absolute atomic E-state index is 0.117. The number of nitrogens with one attached hydrogen (secondary N) is 1. The van der Waals surface area contributed by atoms with Gasteiger partial charge in [-0.25, -0.2) is 13.8 Å². The third kappa shape index (κ3) is 3.02. The number of rotatable bonds is 3. The van der Waals surface area contributed by atoms with E-state index in [9.17, 15) is 8.78 Å². The van der Waals surface area contributed by atoms with E-state index in [1.54, 1.807) is 6.07 Å². The number of imidazole rings is 1. The molecule has 0 atom stereocenters. The minimum atomic E-state index is -0.511. The third-order valence-electron chi connectivity index (χ3n) is 3.59. The van der Waals surface area contributed by atoms with Crippen LogP contribution in [0.25, 0.3) is 34.4 Å². The number of hydrogen-bond acceptors (Lipinski definition) is 4. The first kappa shape index (κ1) is 16.9. The van der Waals surface area contributed by atoms with Crippen LogP contribution in [0.4, 0.5) is 8.78 Å². The molecule has 0 fully saturated rings. The molecule has 2 aromatic carbocycles. The number of H-pyrrole nitrogens is 1. The normalized spacial score (nSPS) is 11.1. The van der Waals surface area contributed by atoms with Crippen molar-refractivity contribution in [3.8, 4) is 34.4 Å². The Morgan fingerprint density at radius 3 is 2.54 bits per heavy atom. The monoisotopic (exact) mass is 436 g/mol. The molecule has 130 valence electrons. The second-order valence-electron chi connectivity index (χ2n) is 5.27. The summed E-state index contributed by atoms with van der Waals surface area (Å²) in [5.41, 5.74) is 1.03. The van der Waals surface area contributed by atoms with E-state index < -0.39 is 5.82 Å². The largest absolute Gasteiger partial charge is 0.332 e. The fourth-order valence-corrected chi connectivity index (χ4v) is 3.07. The first-order valence-electron chi connectivity index (χ1n) is 7.33. The standard InChI is InChI=1S/C17H8BrClF2N4O/c18-14-13(22-16(23-14)12-10(19)2-1-3-11(12)21)17-24-15(25-26-17)8-4-6-9(20)7-5-8/h1-7H,(H,22,23). The molecule has 4 aromatic rings.